The number of hydrogen-bond donors (Lipinski definition) is 0. The third-order valence-corrected chi connectivity index (χ3v) is 7.35. The third-order valence-electron chi connectivity index (χ3n) is 6.56. The van der Waals surface area contributed by atoms with Crippen molar-refractivity contribution in [2.45, 2.75) is 148 Å². The van der Waals surface area contributed by atoms with E-state index in [0.717, 1.165) is 12.8 Å². The molecule has 0 aromatic rings. The predicted octanol–water partition coefficient (Wildman–Crippen LogP) is 4.60. The minimum atomic E-state index is -4.14. The Bertz CT molecular complexity index is 543. The van der Waals surface area contributed by atoms with Gasteiger partial charge in [0.05, 0.1) is 10.1 Å². The standard InChI is InChI=1S/C27H55NO4S.Na/c1-3-4-5-6-7-8-9-10-11-12-13-14-15-16-17-18-19-20-21-24-27(29)28(2)25-22-23-26-33(30,31)32;/h3-26H2,1-2H3,(H,30,31,32);/q;+1/p-1. The fourth-order valence-electron chi connectivity index (χ4n) is 4.30. The van der Waals surface area contributed by atoms with Crippen molar-refractivity contribution in [2.75, 3.05) is 19.3 Å². The molecule has 0 fully saturated rings. The Kier molecular flexibility index (Phi) is 28.4. The molecule has 0 aliphatic rings. The van der Waals surface area contributed by atoms with Crippen LogP contribution in [0.4, 0.5) is 0 Å². The normalized spacial score (nSPS) is 11.4. The summed E-state index contributed by atoms with van der Waals surface area (Å²) < 4.78 is 31.7. The maximum absolute atomic E-state index is 12.1. The van der Waals surface area contributed by atoms with E-state index in [9.17, 15) is 17.8 Å². The Morgan fingerprint density at radius 2 is 0.971 bits per heavy atom. The minimum absolute atomic E-state index is 0. The van der Waals surface area contributed by atoms with E-state index < -0.39 is 10.1 Å². The summed E-state index contributed by atoms with van der Waals surface area (Å²) >= 11 is 0. The molecule has 0 aromatic carbocycles. The molecule has 0 saturated heterocycles. The first-order chi connectivity index (χ1) is 15.9. The first kappa shape index (κ1) is 36.5. The molecule has 5 nitrogen and oxygen atoms in total. The third kappa shape index (κ3) is 28.6. The average Bonchev–Trinajstić information content (AvgIpc) is 2.77. The maximum atomic E-state index is 12.1. The van der Waals surface area contributed by atoms with Gasteiger partial charge in [-0.25, -0.2) is 8.42 Å². The molecule has 0 bridgehead atoms. The molecule has 0 aliphatic heterocycles. The first-order valence-electron chi connectivity index (χ1n) is 14.0. The fraction of sp³-hybridized carbons (Fsp3) is 0.963. The van der Waals surface area contributed by atoms with Crippen LogP contribution in [0.5, 0.6) is 0 Å². The van der Waals surface area contributed by atoms with E-state index >= 15 is 0 Å². The van der Waals surface area contributed by atoms with Crippen LogP contribution in [0.3, 0.4) is 0 Å². The smallest absolute Gasteiger partial charge is 0.748 e. The summed E-state index contributed by atoms with van der Waals surface area (Å²) in [5, 5.41) is 0. The summed E-state index contributed by atoms with van der Waals surface area (Å²) in [6.07, 6.45) is 27.0. The molecule has 7 heteroatoms. The summed E-state index contributed by atoms with van der Waals surface area (Å²) in [5.41, 5.74) is 0. The van der Waals surface area contributed by atoms with Crippen molar-refractivity contribution >= 4 is 16.0 Å². The fourth-order valence-corrected chi connectivity index (χ4v) is 4.86. The van der Waals surface area contributed by atoms with Crippen molar-refractivity contribution in [1.29, 1.82) is 0 Å². The van der Waals surface area contributed by atoms with Crippen LogP contribution in [-0.2, 0) is 14.9 Å². The van der Waals surface area contributed by atoms with E-state index in [1.54, 1.807) is 11.9 Å². The summed E-state index contributed by atoms with van der Waals surface area (Å²) in [6.45, 7) is 2.80. The van der Waals surface area contributed by atoms with Crippen molar-refractivity contribution in [3.8, 4) is 0 Å². The van der Waals surface area contributed by atoms with Crippen LogP contribution < -0.4 is 29.6 Å². The zero-order chi connectivity index (χ0) is 24.6. The number of carbonyl (C=O) groups is 1. The van der Waals surface area contributed by atoms with E-state index in [1.807, 2.05) is 0 Å². The number of amides is 1. The first-order valence-corrected chi connectivity index (χ1v) is 15.6. The average molecular weight is 512 g/mol. The molecular weight excluding hydrogens is 457 g/mol. The van der Waals surface area contributed by atoms with Crippen LogP contribution in [-0.4, -0.2) is 43.1 Å². The van der Waals surface area contributed by atoms with Gasteiger partial charge in [-0.2, -0.15) is 0 Å². The van der Waals surface area contributed by atoms with Crippen LogP contribution in [0.25, 0.3) is 0 Å². The Labute approximate surface area is 234 Å². The van der Waals surface area contributed by atoms with Crippen molar-refractivity contribution < 1.29 is 47.3 Å². The zero-order valence-corrected chi connectivity index (χ0v) is 25.8. The zero-order valence-electron chi connectivity index (χ0n) is 23.0. The molecule has 0 N–H and O–H groups in total. The van der Waals surface area contributed by atoms with Crippen LogP contribution in [0.1, 0.15) is 148 Å². The second-order valence-electron chi connectivity index (χ2n) is 9.90. The Balaban J connectivity index is 0. The van der Waals surface area contributed by atoms with E-state index in [4.69, 9.17) is 0 Å². The van der Waals surface area contributed by atoms with Gasteiger partial charge >= 0.3 is 29.6 Å². The van der Waals surface area contributed by atoms with E-state index in [-0.39, 0.29) is 41.2 Å². The number of rotatable bonds is 25. The maximum Gasteiger partial charge on any atom is 1.00 e. The second kappa shape index (κ2) is 26.4. The molecule has 0 saturated carbocycles. The van der Waals surface area contributed by atoms with Crippen LogP contribution in [0.15, 0.2) is 0 Å². The Morgan fingerprint density at radius 1 is 0.618 bits per heavy atom. The van der Waals surface area contributed by atoms with Gasteiger partial charge in [-0.1, -0.05) is 122 Å². The summed E-state index contributed by atoms with van der Waals surface area (Å²) in [5.74, 6) is -0.221. The number of unbranched alkanes of at least 4 members (excludes halogenated alkanes) is 19. The molecule has 0 rings (SSSR count). The van der Waals surface area contributed by atoms with Crippen LogP contribution >= 0.6 is 0 Å². The van der Waals surface area contributed by atoms with Crippen molar-refractivity contribution in [3.63, 3.8) is 0 Å². The number of nitrogens with zero attached hydrogens (tertiary/aromatic N) is 1. The van der Waals surface area contributed by atoms with Gasteiger partial charge in [0.2, 0.25) is 5.91 Å². The summed E-state index contributed by atoms with van der Waals surface area (Å²) in [6, 6.07) is 0. The largest absolute Gasteiger partial charge is 1.00 e. The topological polar surface area (TPSA) is 77.5 Å². The van der Waals surface area contributed by atoms with Gasteiger partial charge in [-0.3, -0.25) is 4.79 Å². The Hall–Kier alpha value is 0.380. The molecule has 0 unspecified atom stereocenters. The molecule has 0 radical (unpaired) electrons. The van der Waals surface area contributed by atoms with E-state index in [0.29, 0.717) is 25.8 Å². The molecule has 34 heavy (non-hydrogen) atoms. The molecule has 0 heterocycles. The van der Waals surface area contributed by atoms with Crippen molar-refractivity contribution in [1.82, 2.24) is 4.90 Å². The van der Waals surface area contributed by atoms with Gasteiger partial charge in [-0.15, -0.1) is 0 Å². The molecule has 0 spiro atoms. The van der Waals surface area contributed by atoms with Gasteiger partial charge < -0.3 is 9.45 Å². The van der Waals surface area contributed by atoms with Gasteiger partial charge in [0.1, 0.15) is 0 Å². The second-order valence-corrected chi connectivity index (χ2v) is 11.4. The van der Waals surface area contributed by atoms with Gasteiger partial charge in [0.25, 0.3) is 0 Å². The predicted molar refractivity (Wildman–Crippen MR) is 139 cm³/mol. The van der Waals surface area contributed by atoms with Gasteiger partial charge in [0.15, 0.2) is 0 Å². The molecule has 0 aromatic heterocycles. The van der Waals surface area contributed by atoms with Crippen LogP contribution in [0.2, 0.25) is 0 Å². The summed E-state index contributed by atoms with van der Waals surface area (Å²) in [4.78, 5) is 13.7. The number of hydrogen-bond acceptors (Lipinski definition) is 4. The number of carbonyl (C=O) groups excluding carboxylic acids is 1. The van der Waals surface area contributed by atoms with E-state index in [1.165, 1.54) is 109 Å². The van der Waals surface area contributed by atoms with Crippen molar-refractivity contribution in [2.24, 2.45) is 0 Å². The molecule has 1 amide bonds. The molecule has 0 atom stereocenters. The van der Waals surface area contributed by atoms with Crippen molar-refractivity contribution in [3.05, 3.63) is 0 Å². The molecule has 0 aliphatic carbocycles. The van der Waals surface area contributed by atoms with Crippen LogP contribution in [0, 0.1) is 0 Å². The van der Waals surface area contributed by atoms with Gasteiger partial charge in [0, 0.05) is 25.8 Å². The molecule has 198 valence electrons. The van der Waals surface area contributed by atoms with Gasteiger partial charge in [-0.05, 0) is 19.3 Å². The molecular formula is C27H54NNaO4S. The quantitative estimate of drug-likeness (QED) is 0.102. The monoisotopic (exact) mass is 511 g/mol. The Morgan fingerprint density at radius 3 is 1.32 bits per heavy atom. The van der Waals surface area contributed by atoms with E-state index in [2.05, 4.69) is 6.92 Å². The SMILES string of the molecule is CCCCCCCCCCCCCCCCCCCCCC(=O)N(C)CCCCS(=O)(=O)[O-].[Na+]. The minimum Gasteiger partial charge on any atom is -0.748 e. The summed E-state index contributed by atoms with van der Waals surface area (Å²) in [7, 11) is -2.38.